The molecule has 1 aliphatic rings. The van der Waals surface area contributed by atoms with Crippen molar-refractivity contribution >= 4 is 39.9 Å². The second kappa shape index (κ2) is 9.27. The molecular weight excluding hydrogens is 422 g/mol. The first kappa shape index (κ1) is 22.9. The van der Waals surface area contributed by atoms with Crippen LogP contribution in [0.4, 0.5) is 28.4 Å². The molecule has 0 unspecified atom stereocenters. The molecule has 0 spiro atoms. The number of nitrogens with zero attached hydrogens (tertiary/aromatic N) is 1. The Labute approximate surface area is 200 Å². The molecule has 6 heteroatoms. The number of benzene rings is 3. The van der Waals surface area contributed by atoms with Gasteiger partial charge in [0.1, 0.15) is 0 Å². The Hall–Kier alpha value is -4.32. The van der Waals surface area contributed by atoms with Crippen LogP contribution in [0.2, 0.25) is 0 Å². The van der Waals surface area contributed by atoms with Crippen molar-refractivity contribution in [2.75, 3.05) is 22.1 Å². The molecule has 0 saturated heterocycles. The summed E-state index contributed by atoms with van der Waals surface area (Å²) in [6.07, 6.45) is 3.36. The number of para-hydroxylation sites is 1. The molecule has 0 amide bonds. The van der Waals surface area contributed by atoms with E-state index in [1.54, 1.807) is 12.2 Å². The molecule has 172 valence electrons. The number of hydrogen-bond acceptors (Lipinski definition) is 6. The zero-order valence-corrected chi connectivity index (χ0v) is 19.9. The summed E-state index contributed by atoms with van der Waals surface area (Å²) in [5, 5.41) is 6.62. The molecule has 6 N–H and O–H groups in total. The molecule has 0 fully saturated rings. The van der Waals surface area contributed by atoms with Gasteiger partial charge in [-0.1, -0.05) is 18.2 Å². The molecule has 0 saturated carbocycles. The van der Waals surface area contributed by atoms with Crippen molar-refractivity contribution in [1.29, 1.82) is 0 Å². The van der Waals surface area contributed by atoms with Crippen molar-refractivity contribution in [2.24, 2.45) is 4.99 Å². The van der Waals surface area contributed by atoms with E-state index in [9.17, 15) is 4.79 Å². The van der Waals surface area contributed by atoms with Gasteiger partial charge in [-0.15, -0.1) is 0 Å². The molecule has 6 nitrogen and oxygen atoms in total. The summed E-state index contributed by atoms with van der Waals surface area (Å²) >= 11 is 0. The first-order valence-electron chi connectivity index (χ1n) is 11.1. The lowest BCUT2D eigenvalue weighted by Crippen LogP contribution is -2.22. The number of allylic oxidation sites excluding steroid dienone is 2. The zero-order chi connectivity index (χ0) is 24.4. The number of ketones is 1. The molecular formula is C28H29N5O. The second-order valence-corrected chi connectivity index (χ2v) is 8.47. The Morgan fingerprint density at radius 1 is 0.676 bits per heavy atom. The normalized spacial score (nSPS) is 14.6. The van der Waals surface area contributed by atoms with Crippen molar-refractivity contribution < 1.29 is 4.79 Å². The van der Waals surface area contributed by atoms with Gasteiger partial charge in [-0.2, -0.15) is 0 Å². The number of carbonyl (C=O) groups excluding carboxylic acids is 1. The van der Waals surface area contributed by atoms with E-state index < -0.39 is 0 Å². The van der Waals surface area contributed by atoms with Crippen LogP contribution in [0, 0.1) is 27.7 Å². The van der Waals surface area contributed by atoms with Crippen LogP contribution in [0.15, 0.2) is 83.1 Å². The lowest BCUT2D eigenvalue weighted by atomic mass is 10.0. The van der Waals surface area contributed by atoms with Crippen LogP contribution in [0.5, 0.6) is 0 Å². The lowest BCUT2D eigenvalue weighted by molar-refractivity contribution is -0.111. The third kappa shape index (κ3) is 4.57. The fourth-order valence-electron chi connectivity index (χ4n) is 3.74. The summed E-state index contributed by atoms with van der Waals surface area (Å²) in [6.45, 7) is 7.92. The molecule has 0 heterocycles. The van der Waals surface area contributed by atoms with Gasteiger partial charge < -0.3 is 22.1 Å². The van der Waals surface area contributed by atoms with Crippen molar-refractivity contribution in [2.45, 2.75) is 27.7 Å². The maximum Gasteiger partial charge on any atom is 0.204 e. The van der Waals surface area contributed by atoms with Crippen LogP contribution < -0.4 is 22.1 Å². The number of hydrogen-bond donors (Lipinski definition) is 4. The van der Waals surface area contributed by atoms with Crippen LogP contribution >= 0.6 is 0 Å². The lowest BCUT2D eigenvalue weighted by Gasteiger charge is -2.20. The van der Waals surface area contributed by atoms with Gasteiger partial charge in [0, 0.05) is 28.8 Å². The van der Waals surface area contributed by atoms with Gasteiger partial charge in [-0.05, 0) is 92.4 Å². The minimum atomic E-state index is -0.142. The fraction of sp³-hybridized carbons (Fsp3) is 0.143. The van der Waals surface area contributed by atoms with Crippen molar-refractivity contribution in [3.05, 3.63) is 100 Å². The molecule has 1 aliphatic carbocycles. The number of rotatable bonds is 5. The fourth-order valence-corrected chi connectivity index (χ4v) is 3.74. The molecule has 4 rings (SSSR count). The molecule has 0 aromatic heterocycles. The van der Waals surface area contributed by atoms with Gasteiger partial charge in [0.05, 0.1) is 22.8 Å². The van der Waals surface area contributed by atoms with E-state index in [4.69, 9.17) is 16.5 Å². The number of anilines is 4. The van der Waals surface area contributed by atoms with E-state index in [1.165, 1.54) is 0 Å². The third-order valence-corrected chi connectivity index (χ3v) is 6.29. The van der Waals surface area contributed by atoms with E-state index in [2.05, 4.69) is 10.6 Å². The highest BCUT2D eigenvalue weighted by atomic mass is 16.1. The van der Waals surface area contributed by atoms with Gasteiger partial charge in [0.25, 0.3) is 0 Å². The van der Waals surface area contributed by atoms with Crippen molar-refractivity contribution in [3.63, 3.8) is 0 Å². The van der Waals surface area contributed by atoms with E-state index in [1.807, 2.05) is 82.3 Å². The van der Waals surface area contributed by atoms with E-state index in [0.29, 0.717) is 17.1 Å². The van der Waals surface area contributed by atoms with E-state index >= 15 is 0 Å². The highest BCUT2D eigenvalue weighted by Crippen LogP contribution is 2.29. The number of carbonyl (C=O) groups is 1. The first-order valence-corrected chi connectivity index (χ1v) is 11.1. The first-order chi connectivity index (χ1) is 16.2. The van der Waals surface area contributed by atoms with Gasteiger partial charge in [0.15, 0.2) is 0 Å². The highest BCUT2D eigenvalue weighted by molar-refractivity contribution is 6.24. The minimum Gasteiger partial charge on any atom is -0.399 e. The highest BCUT2D eigenvalue weighted by Gasteiger charge is 2.21. The molecule has 0 aliphatic heterocycles. The average Bonchev–Trinajstić information content (AvgIpc) is 2.83. The van der Waals surface area contributed by atoms with E-state index in [0.717, 1.165) is 50.7 Å². The SMILES string of the molecule is Cc1c(N)ccc(/N=C2\C=C(Nc3ccc(N)c(C)c3C)C(=O)C=C2Nc2ccccc2)c1C. The topological polar surface area (TPSA) is 106 Å². The summed E-state index contributed by atoms with van der Waals surface area (Å²) in [6, 6.07) is 17.2. The zero-order valence-electron chi connectivity index (χ0n) is 19.9. The molecule has 0 bridgehead atoms. The smallest absolute Gasteiger partial charge is 0.204 e. The van der Waals surface area contributed by atoms with Gasteiger partial charge in [0.2, 0.25) is 5.78 Å². The van der Waals surface area contributed by atoms with Gasteiger partial charge >= 0.3 is 0 Å². The molecule has 0 radical (unpaired) electrons. The molecule has 3 aromatic rings. The maximum absolute atomic E-state index is 13.1. The van der Waals surface area contributed by atoms with Crippen molar-refractivity contribution in [1.82, 2.24) is 0 Å². The third-order valence-electron chi connectivity index (χ3n) is 6.29. The number of aliphatic imine (C=N–C) groups is 1. The summed E-state index contributed by atoms with van der Waals surface area (Å²) in [5.41, 5.74) is 21.7. The number of nitrogen functional groups attached to an aromatic ring is 2. The standard InChI is InChI=1S/C28H29N5O/c1-16-18(3)23(12-10-21(16)29)32-25-14-27(33-24-13-11-22(30)17(2)19(24)4)28(34)15-26(25)31-20-8-6-5-7-9-20/h5-15,31,33H,29-30H2,1-4H3/b32-25+. The van der Waals surface area contributed by atoms with Crippen LogP contribution in [0.3, 0.4) is 0 Å². The second-order valence-electron chi connectivity index (χ2n) is 8.47. The molecule has 3 aromatic carbocycles. The Morgan fingerprint density at radius 3 is 2.03 bits per heavy atom. The van der Waals surface area contributed by atoms with Gasteiger partial charge in [-0.25, -0.2) is 4.99 Å². The Balaban J connectivity index is 1.77. The quantitative estimate of drug-likeness (QED) is 0.293. The average molecular weight is 452 g/mol. The summed E-state index contributed by atoms with van der Waals surface area (Å²) in [5.74, 6) is -0.142. The largest absolute Gasteiger partial charge is 0.399 e. The number of nitrogens with one attached hydrogen (secondary N) is 2. The van der Waals surface area contributed by atoms with Crippen molar-refractivity contribution in [3.8, 4) is 0 Å². The van der Waals surface area contributed by atoms with Gasteiger partial charge in [-0.3, -0.25) is 4.79 Å². The Kier molecular flexibility index (Phi) is 6.23. The summed E-state index contributed by atoms with van der Waals surface area (Å²) in [7, 11) is 0. The molecule has 34 heavy (non-hydrogen) atoms. The number of nitrogens with two attached hydrogens (primary N) is 2. The minimum absolute atomic E-state index is 0.142. The van der Waals surface area contributed by atoms with E-state index in [-0.39, 0.29) is 5.78 Å². The van der Waals surface area contributed by atoms with Crippen LogP contribution in [-0.2, 0) is 4.79 Å². The molecule has 0 atom stereocenters. The predicted octanol–water partition coefficient (Wildman–Crippen LogP) is 5.73. The summed E-state index contributed by atoms with van der Waals surface area (Å²) in [4.78, 5) is 18.0. The maximum atomic E-state index is 13.1. The van der Waals surface area contributed by atoms with Crippen LogP contribution in [0.25, 0.3) is 0 Å². The Bertz CT molecular complexity index is 1370. The van der Waals surface area contributed by atoms with Crippen LogP contribution in [-0.4, -0.2) is 11.5 Å². The predicted molar refractivity (Wildman–Crippen MR) is 143 cm³/mol. The Morgan fingerprint density at radius 2 is 1.32 bits per heavy atom. The summed E-state index contributed by atoms with van der Waals surface area (Å²) < 4.78 is 0. The van der Waals surface area contributed by atoms with Crippen LogP contribution in [0.1, 0.15) is 22.3 Å². The monoisotopic (exact) mass is 451 g/mol.